The van der Waals surface area contributed by atoms with E-state index < -0.39 is 11.2 Å². The lowest BCUT2D eigenvalue weighted by Gasteiger charge is -2.19. The normalized spacial score (nSPS) is 10.6. The number of aliphatic hydroxyl groups is 2. The van der Waals surface area contributed by atoms with Crippen LogP contribution < -0.4 is 0 Å². The molecule has 0 fully saturated rings. The van der Waals surface area contributed by atoms with Crippen molar-refractivity contribution >= 4 is 0 Å². The molecule has 94 valence electrons. The van der Waals surface area contributed by atoms with Crippen LogP contribution >= 0.6 is 0 Å². The average Bonchev–Trinajstić information content (AvgIpc) is 1.99. The Morgan fingerprint density at radius 1 is 0.938 bits per heavy atom. The molecule has 0 aromatic heterocycles. The summed E-state index contributed by atoms with van der Waals surface area (Å²) in [6.07, 6.45) is 0. The first-order valence-corrected chi connectivity index (χ1v) is 5.45. The number of hydrogen-bond acceptors (Lipinski definition) is 2. The van der Waals surface area contributed by atoms with E-state index in [1.165, 1.54) is 5.57 Å². The van der Waals surface area contributed by atoms with Crippen molar-refractivity contribution in [3.8, 4) is 11.8 Å². The summed E-state index contributed by atoms with van der Waals surface area (Å²) in [6, 6.07) is 0. The Labute approximate surface area is 100 Å². The molecule has 0 atom stereocenters. The van der Waals surface area contributed by atoms with Gasteiger partial charge in [0.25, 0.3) is 0 Å². The van der Waals surface area contributed by atoms with E-state index in [4.69, 9.17) is 5.11 Å². The van der Waals surface area contributed by atoms with Crippen molar-refractivity contribution in [1.82, 2.24) is 0 Å². The Hall–Kier alpha value is -0.780. The minimum Gasteiger partial charge on any atom is -0.386 e. The molecule has 2 N–H and O–H groups in total. The summed E-state index contributed by atoms with van der Waals surface area (Å²) >= 11 is 0. The van der Waals surface area contributed by atoms with Crippen LogP contribution in [-0.4, -0.2) is 21.4 Å². The molecule has 0 saturated carbocycles. The molecule has 2 nitrogen and oxygen atoms in total. The second kappa shape index (κ2) is 6.73. The standard InChI is InChI=1S/C8H16O.C6H10O/c1-6(2)7(3)8(4,5)9;1-4-5-6(2,3)7/h9H,1-5H3;7H,1-3H3. The van der Waals surface area contributed by atoms with Gasteiger partial charge < -0.3 is 10.2 Å². The molecular weight excluding hydrogens is 200 g/mol. The van der Waals surface area contributed by atoms with Gasteiger partial charge >= 0.3 is 0 Å². The minimum atomic E-state index is -0.811. The summed E-state index contributed by atoms with van der Waals surface area (Å²) in [5.74, 6) is 5.20. The van der Waals surface area contributed by atoms with Crippen LogP contribution in [0.15, 0.2) is 11.1 Å². The molecule has 0 radical (unpaired) electrons. The van der Waals surface area contributed by atoms with Gasteiger partial charge in [-0.2, -0.15) is 0 Å². The van der Waals surface area contributed by atoms with Gasteiger partial charge in [-0.1, -0.05) is 11.5 Å². The number of hydrogen-bond donors (Lipinski definition) is 2. The molecule has 0 aliphatic rings. The largest absolute Gasteiger partial charge is 0.386 e. The fourth-order valence-electron chi connectivity index (χ4n) is 0.918. The fourth-order valence-corrected chi connectivity index (χ4v) is 0.918. The molecular formula is C14H26O2. The maximum Gasteiger partial charge on any atom is 0.119 e. The number of rotatable bonds is 1. The van der Waals surface area contributed by atoms with E-state index in [0.29, 0.717) is 0 Å². The summed E-state index contributed by atoms with van der Waals surface area (Å²) in [6.45, 7) is 14.6. The summed E-state index contributed by atoms with van der Waals surface area (Å²) in [7, 11) is 0. The summed E-state index contributed by atoms with van der Waals surface area (Å²) in [4.78, 5) is 0. The van der Waals surface area contributed by atoms with E-state index >= 15 is 0 Å². The highest BCUT2D eigenvalue weighted by Crippen LogP contribution is 2.17. The Balaban J connectivity index is 0. The second-order valence-corrected chi connectivity index (χ2v) is 5.12. The first kappa shape index (κ1) is 17.6. The SMILES string of the molecule is CC#CC(C)(C)O.CC(C)=C(C)C(C)(C)O. The maximum atomic E-state index is 9.40. The van der Waals surface area contributed by atoms with Crippen LogP contribution in [0.25, 0.3) is 0 Å². The highest BCUT2D eigenvalue weighted by atomic mass is 16.3. The Morgan fingerprint density at radius 3 is 1.31 bits per heavy atom. The highest BCUT2D eigenvalue weighted by Gasteiger charge is 2.15. The van der Waals surface area contributed by atoms with Crippen molar-refractivity contribution < 1.29 is 10.2 Å². The zero-order valence-corrected chi connectivity index (χ0v) is 11.9. The van der Waals surface area contributed by atoms with Crippen molar-refractivity contribution in [3.05, 3.63) is 11.1 Å². The van der Waals surface area contributed by atoms with Crippen LogP contribution in [0.3, 0.4) is 0 Å². The second-order valence-electron chi connectivity index (χ2n) is 5.12. The monoisotopic (exact) mass is 226 g/mol. The summed E-state index contributed by atoms with van der Waals surface area (Å²) in [5, 5.41) is 18.2. The van der Waals surface area contributed by atoms with Gasteiger partial charge in [0, 0.05) is 0 Å². The molecule has 2 heteroatoms. The Kier molecular flexibility index (Phi) is 7.40. The number of allylic oxidation sites excluding steroid dienone is 1. The van der Waals surface area contributed by atoms with Gasteiger partial charge in [-0.15, -0.1) is 5.92 Å². The van der Waals surface area contributed by atoms with Crippen LogP contribution in [-0.2, 0) is 0 Å². The lowest BCUT2D eigenvalue weighted by Crippen LogP contribution is -2.20. The molecule has 0 spiro atoms. The van der Waals surface area contributed by atoms with E-state index in [2.05, 4.69) is 11.8 Å². The van der Waals surface area contributed by atoms with Gasteiger partial charge in [0.1, 0.15) is 5.60 Å². The predicted octanol–water partition coefficient (Wildman–Crippen LogP) is 2.89. The van der Waals surface area contributed by atoms with Crippen molar-refractivity contribution in [3.63, 3.8) is 0 Å². The Morgan fingerprint density at radius 2 is 1.31 bits per heavy atom. The van der Waals surface area contributed by atoms with E-state index in [0.717, 1.165) is 5.57 Å². The average molecular weight is 226 g/mol. The van der Waals surface area contributed by atoms with Crippen molar-refractivity contribution in [1.29, 1.82) is 0 Å². The van der Waals surface area contributed by atoms with Gasteiger partial charge in [-0.3, -0.25) is 0 Å². The third kappa shape index (κ3) is 11.3. The molecule has 0 aliphatic carbocycles. The summed E-state index contributed by atoms with van der Waals surface area (Å²) in [5.41, 5.74) is 0.804. The molecule has 0 saturated heterocycles. The third-order valence-corrected chi connectivity index (χ3v) is 2.10. The zero-order valence-electron chi connectivity index (χ0n) is 11.9. The van der Waals surface area contributed by atoms with Gasteiger partial charge in [0.05, 0.1) is 5.60 Å². The quantitative estimate of drug-likeness (QED) is 0.533. The van der Waals surface area contributed by atoms with Crippen LogP contribution in [0.4, 0.5) is 0 Å². The van der Waals surface area contributed by atoms with Gasteiger partial charge in [-0.25, -0.2) is 0 Å². The maximum absolute atomic E-state index is 9.40. The molecule has 0 unspecified atom stereocenters. The molecule has 0 bridgehead atoms. The van der Waals surface area contributed by atoms with Crippen molar-refractivity contribution in [2.45, 2.75) is 66.6 Å². The molecule has 0 aliphatic heterocycles. The predicted molar refractivity (Wildman–Crippen MR) is 70.1 cm³/mol. The van der Waals surface area contributed by atoms with Crippen LogP contribution in [0, 0.1) is 11.8 Å². The smallest absolute Gasteiger partial charge is 0.119 e. The first-order valence-electron chi connectivity index (χ1n) is 5.45. The van der Waals surface area contributed by atoms with Crippen molar-refractivity contribution in [2.75, 3.05) is 0 Å². The molecule has 0 rings (SSSR count). The zero-order chi connectivity index (χ0) is 13.6. The third-order valence-electron chi connectivity index (χ3n) is 2.10. The lowest BCUT2D eigenvalue weighted by atomic mass is 9.96. The minimum absolute atomic E-state index is 0.640. The van der Waals surface area contributed by atoms with E-state index in [1.54, 1.807) is 34.6 Å². The van der Waals surface area contributed by atoms with Crippen LogP contribution in [0.5, 0.6) is 0 Å². The first-order chi connectivity index (χ1) is 6.91. The van der Waals surface area contributed by atoms with Gasteiger partial charge in [0.2, 0.25) is 0 Å². The topological polar surface area (TPSA) is 40.5 Å². The van der Waals surface area contributed by atoms with Crippen LogP contribution in [0.1, 0.15) is 55.4 Å². The van der Waals surface area contributed by atoms with Crippen molar-refractivity contribution in [2.24, 2.45) is 0 Å². The van der Waals surface area contributed by atoms with E-state index in [1.807, 2.05) is 20.8 Å². The Bertz CT molecular complexity index is 283. The molecule has 0 heterocycles. The summed E-state index contributed by atoms with van der Waals surface area (Å²) < 4.78 is 0. The molecule has 0 amide bonds. The van der Waals surface area contributed by atoms with E-state index in [-0.39, 0.29) is 0 Å². The van der Waals surface area contributed by atoms with Gasteiger partial charge in [-0.05, 0) is 61.0 Å². The highest BCUT2D eigenvalue weighted by molar-refractivity contribution is 5.16. The van der Waals surface area contributed by atoms with Crippen LogP contribution in [0.2, 0.25) is 0 Å². The molecule has 0 aromatic rings. The van der Waals surface area contributed by atoms with Gasteiger partial charge in [0.15, 0.2) is 0 Å². The van der Waals surface area contributed by atoms with E-state index in [9.17, 15) is 5.11 Å². The molecule has 0 aromatic carbocycles. The fraction of sp³-hybridized carbons (Fsp3) is 0.714. The molecule has 16 heavy (non-hydrogen) atoms. The lowest BCUT2D eigenvalue weighted by molar-refractivity contribution is 0.119.